The van der Waals surface area contributed by atoms with E-state index in [2.05, 4.69) is 5.32 Å². The van der Waals surface area contributed by atoms with E-state index < -0.39 is 4.87 Å². The van der Waals surface area contributed by atoms with Gasteiger partial charge in [-0.15, -0.1) is 11.8 Å². The van der Waals surface area contributed by atoms with Crippen LogP contribution >= 0.6 is 11.8 Å². The van der Waals surface area contributed by atoms with E-state index in [0.29, 0.717) is 30.3 Å². The summed E-state index contributed by atoms with van der Waals surface area (Å²) >= 11 is 1.50. The van der Waals surface area contributed by atoms with Gasteiger partial charge in [0.15, 0.2) is 4.87 Å². The Morgan fingerprint density at radius 3 is 2.50 bits per heavy atom. The molecule has 5 rings (SSSR count). The van der Waals surface area contributed by atoms with E-state index in [1.165, 1.54) is 11.8 Å². The van der Waals surface area contributed by atoms with Crippen molar-refractivity contribution in [2.24, 2.45) is 0 Å². The second-order valence-electron chi connectivity index (χ2n) is 7.70. The Balaban J connectivity index is 1.56. The Kier molecular flexibility index (Phi) is 5.27. The van der Waals surface area contributed by atoms with Crippen LogP contribution in [0.15, 0.2) is 78.9 Å². The number of urea groups is 1. The average molecular weight is 446 g/mol. The molecule has 1 spiro atoms. The Labute approximate surface area is 191 Å². The first-order valence-corrected chi connectivity index (χ1v) is 11.4. The van der Waals surface area contributed by atoms with Crippen LogP contribution in [0.3, 0.4) is 0 Å². The summed E-state index contributed by atoms with van der Waals surface area (Å²) in [7, 11) is 1.61. The Hall–Kier alpha value is -3.45. The standard InChI is InChI=1S/C25H23N3O3S/c1-31-20-12-13-22-21(16-20)25(23(29)27(22)17-18-8-4-2-5-9-18)28(14-15-32-25)24(30)26-19-10-6-3-7-11-19/h2-13,16H,14-15,17H2,1H3,(H,26,30). The second-order valence-corrected chi connectivity index (χ2v) is 8.99. The maximum absolute atomic E-state index is 14.0. The molecule has 1 saturated heterocycles. The summed E-state index contributed by atoms with van der Waals surface area (Å²) in [4.78, 5) is 29.7. The molecular weight excluding hydrogens is 422 g/mol. The molecule has 1 N–H and O–H groups in total. The van der Waals surface area contributed by atoms with E-state index in [0.717, 1.165) is 16.8 Å². The fraction of sp³-hybridized carbons (Fsp3) is 0.200. The van der Waals surface area contributed by atoms with Crippen molar-refractivity contribution in [1.29, 1.82) is 0 Å². The van der Waals surface area contributed by atoms with Crippen molar-refractivity contribution >= 4 is 35.1 Å². The number of benzene rings is 3. The zero-order valence-electron chi connectivity index (χ0n) is 17.7. The summed E-state index contributed by atoms with van der Waals surface area (Å²) in [5.41, 5.74) is 3.33. The SMILES string of the molecule is COc1ccc2c(c1)C1(SCCN1C(=O)Nc1ccccc1)C(=O)N2Cc1ccccc1. The molecule has 162 valence electrons. The third-order valence-corrected chi connectivity index (χ3v) is 7.27. The van der Waals surface area contributed by atoms with Crippen LogP contribution in [0.1, 0.15) is 11.1 Å². The number of ether oxygens (including phenoxy) is 1. The highest BCUT2D eigenvalue weighted by Gasteiger charge is 2.59. The maximum atomic E-state index is 14.0. The van der Waals surface area contributed by atoms with E-state index in [1.807, 2.05) is 78.9 Å². The fourth-order valence-corrected chi connectivity index (χ4v) is 5.81. The number of para-hydroxylation sites is 1. The number of nitrogens with zero attached hydrogens (tertiary/aromatic N) is 2. The van der Waals surface area contributed by atoms with Crippen molar-refractivity contribution in [2.45, 2.75) is 11.4 Å². The molecule has 3 aromatic carbocycles. The van der Waals surface area contributed by atoms with Crippen LogP contribution in [-0.4, -0.2) is 36.2 Å². The number of fused-ring (bicyclic) bond motifs is 2. The van der Waals surface area contributed by atoms with Crippen molar-refractivity contribution in [3.63, 3.8) is 0 Å². The summed E-state index contributed by atoms with van der Waals surface area (Å²) in [6.07, 6.45) is 0. The van der Waals surface area contributed by atoms with Crippen molar-refractivity contribution in [3.05, 3.63) is 90.0 Å². The lowest BCUT2D eigenvalue weighted by molar-refractivity contribution is -0.123. The molecule has 1 atom stereocenters. The number of anilines is 2. The Morgan fingerprint density at radius 1 is 1.06 bits per heavy atom. The highest BCUT2D eigenvalue weighted by molar-refractivity contribution is 8.01. The minimum Gasteiger partial charge on any atom is -0.497 e. The van der Waals surface area contributed by atoms with Crippen molar-refractivity contribution < 1.29 is 14.3 Å². The van der Waals surface area contributed by atoms with Crippen LogP contribution in [0.4, 0.5) is 16.2 Å². The smallest absolute Gasteiger partial charge is 0.323 e. The van der Waals surface area contributed by atoms with Gasteiger partial charge in [-0.05, 0) is 35.9 Å². The molecule has 3 aromatic rings. The van der Waals surface area contributed by atoms with Gasteiger partial charge in [0.05, 0.1) is 19.3 Å². The Morgan fingerprint density at radius 2 is 1.78 bits per heavy atom. The summed E-state index contributed by atoms with van der Waals surface area (Å²) in [5.74, 6) is 1.23. The van der Waals surface area contributed by atoms with Crippen molar-refractivity contribution in [3.8, 4) is 5.75 Å². The van der Waals surface area contributed by atoms with Crippen LogP contribution in [-0.2, 0) is 16.2 Å². The molecule has 3 amide bonds. The van der Waals surface area contributed by atoms with Gasteiger partial charge in [-0.2, -0.15) is 0 Å². The number of hydrogen-bond acceptors (Lipinski definition) is 4. The van der Waals surface area contributed by atoms with Crippen LogP contribution in [0.2, 0.25) is 0 Å². The number of rotatable bonds is 4. The molecule has 0 aromatic heterocycles. The topological polar surface area (TPSA) is 61.9 Å². The van der Waals surface area contributed by atoms with Gasteiger partial charge in [-0.3, -0.25) is 9.69 Å². The number of methoxy groups -OCH3 is 1. The lowest BCUT2D eigenvalue weighted by atomic mass is 10.1. The van der Waals surface area contributed by atoms with Gasteiger partial charge < -0.3 is 15.0 Å². The van der Waals surface area contributed by atoms with E-state index in [-0.39, 0.29) is 11.9 Å². The first-order valence-electron chi connectivity index (χ1n) is 10.5. The highest BCUT2D eigenvalue weighted by Crippen LogP contribution is 2.55. The molecule has 0 radical (unpaired) electrons. The summed E-state index contributed by atoms with van der Waals surface area (Å²) in [6.45, 7) is 0.917. The minimum absolute atomic E-state index is 0.102. The van der Waals surface area contributed by atoms with Gasteiger partial charge in [0.25, 0.3) is 5.91 Å². The van der Waals surface area contributed by atoms with Gasteiger partial charge in [0.1, 0.15) is 5.75 Å². The van der Waals surface area contributed by atoms with Gasteiger partial charge in [-0.1, -0.05) is 48.5 Å². The number of amides is 3. The highest BCUT2D eigenvalue weighted by atomic mass is 32.2. The number of carbonyl (C=O) groups excluding carboxylic acids is 2. The van der Waals surface area contributed by atoms with Gasteiger partial charge in [0.2, 0.25) is 0 Å². The second kappa shape index (κ2) is 8.24. The van der Waals surface area contributed by atoms with Crippen molar-refractivity contribution in [1.82, 2.24) is 4.90 Å². The predicted octanol–water partition coefficient (Wildman–Crippen LogP) is 4.68. The molecule has 32 heavy (non-hydrogen) atoms. The minimum atomic E-state index is -1.11. The molecule has 7 heteroatoms. The van der Waals surface area contributed by atoms with Crippen LogP contribution in [0.5, 0.6) is 5.75 Å². The molecule has 2 aliphatic heterocycles. The van der Waals surface area contributed by atoms with Gasteiger partial charge in [-0.25, -0.2) is 4.79 Å². The number of carbonyl (C=O) groups is 2. The van der Waals surface area contributed by atoms with E-state index in [1.54, 1.807) is 16.9 Å². The zero-order chi connectivity index (χ0) is 22.1. The summed E-state index contributed by atoms with van der Waals surface area (Å²) in [6, 6.07) is 24.6. The maximum Gasteiger partial charge on any atom is 0.323 e. The molecule has 2 aliphatic rings. The largest absolute Gasteiger partial charge is 0.497 e. The molecule has 1 fully saturated rings. The third-order valence-electron chi connectivity index (χ3n) is 5.85. The molecule has 0 saturated carbocycles. The molecule has 0 bridgehead atoms. The predicted molar refractivity (Wildman–Crippen MR) is 127 cm³/mol. The average Bonchev–Trinajstić information content (AvgIpc) is 3.37. The van der Waals surface area contributed by atoms with E-state index in [9.17, 15) is 9.59 Å². The zero-order valence-corrected chi connectivity index (χ0v) is 18.5. The number of nitrogens with one attached hydrogen (secondary N) is 1. The molecule has 6 nitrogen and oxygen atoms in total. The number of hydrogen-bond donors (Lipinski definition) is 1. The van der Waals surface area contributed by atoms with Crippen LogP contribution < -0.4 is 15.0 Å². The van der Waals surface area contributed by atoms with Crippen LogP contribution in [0, 0.1) is 0 Å². The summed E-state index contributed by atoms with van der Waals surface area (Å²) < 4.78 is 5.46. The lowest BCUT2D eigenvalue weighted by Crippen LogP contribution is -2.51. The first kappa shape index (κ1) is 20.5. The molecule has 2 heterocycles. The van der Waals surface area contributed by atoms with E-state index in [4.69, 9.17) is 4.74 Å². The first-order chi connectivity index (χ1) is 15.6. The quantitative estimate of drug-likeness (QED) is 0.634. The molecule has 0 aliphatic carbocycles. The Bertz CT molecular complexity index is 1160. The van der Waals surface area contributed by atoms with Gasteiger partial charge >= 0.3 is 6.03 Å². The number of thioether (sulfide) groups is 1. The van der Waals surface area contributed by atoms with E-state index >= 15 is 0 Å². The van der Waals surface area contributed by atoms with Crippen molar-refractivity contribution in [2.75, 3.05) is 29.6 Å². The van der Waals surface area contributed by atoms with Crippen LogP contribution in [0.25, 0.3) is 0 Å². The monoisotopic (exact) mass is 445 g/mol. The molecule has 1 unspecified atom stereocenters. The summed E-state index contributed by atoms with van der Waals surface area (Å²) in [5, 5.41) is 2.95. The lowest BCUT2D eigenvalue weighted by Gasteiger charge is -2.33. The van der Waals surface area contributed by atoms with Gasteiger partial charge in [0, 0.05) is 23.5 Å². The fourth-order valence-electron chi connectivity index (χ4n) is 4.36. The third kappa shape index (κ3) is 3.29. The molecular formula is C25H23N3O3S. The normalized spacial score (nSPS) is 19.3.